The fourth-order valence-electron chi connectivity index (χ4n) is 1.80. The van der Waals surface area contributed by atoms with Crippen molar-refractivity contribution < 1.29 is 4.79 Å². The number of hydrogen-bond donors (Lipinski definition) is 1. The van der Waals surface area contributed by atoms with E-state index >= 15 is 0 Å². The zero-order valence-electron chi connectivity index (χ0n) is 12.7. The van der Waals surface area contributed by atoms with Crippen LogP contribution in [0.3, 0.4) is 0 Å². The van der Waals surface area contributed by atoms with E-state index in [-0.39, 0.29) is 5.91 Å². The molecular weight excluding hydrogens is 282 g/mol. The SMILES string of the molecule is CC(C)=CC(=O)Nc1nnc(-c2ccc(C(C)C)cc2)s1. The molecule has 0 spiro atoms. The second kappa shape index (κ2) is 6.63. The molecule has 0 radical (unpaired) electrons. The van der Waals surface area contributed by atoms with Crippen molar-refractivity contribution in [2.45, 2.75) is 33.6 Å². The first kappa shape index (κ1) is 15.4. The number of nitrogens with one attached hydrogen (secondary N) is 1. The molecule has 2 rings (SSSR count). The molecule has 2 aromatic rings. The Hall–Kier alpha value is -2.01. The van der Waals surface area contributed by atoms with Crippen molar-refractivity contribution in [2.24, 2.45) is 0 Å². The monoisotopic (exact) mass is 301 g/mol. The molecule has 0 bridgehead atoms. The Labute approximate surface area is 128 Å². The fourth-order valence-corrected chi connectivity index (χ4v) is 2.56. The van der Waals surface area contributed by atoms with Crippen molar-refractivity contribution in [1.82, 2.24) is 10.2 Å². The molecule has 0 atom stereocenters. The minimum absolute atomic E-state index is 0.173. The van der Waals surface area contributed by atoms with Crippen LogP contribution in [0.2, 0.25) is 0 Å². The average Bonchev–Trinajstić information content (AvgIpc) is 2.86. The van der Waals surface area contributed by atoms with Crippen LogP contribution >= 0.6 is 11.3 Å². The van der Waals surface area contributed by atoms with E-state index in [1.165, 1.54) is 16.9 Å². The van der Waals surface area contributed by atoms with Gasteiger partial charge in [-0.05, 0) is 25.3 Å². The van der Waals surface area contributed by atoms with Gasteiger partial charge in [0.25, 0.3) is 0 Å². The number of aromatic nitrogens is 2. The van der Waals surface area contributed by atoms with E-state index in [9.17, 15) is 4.79 Å². The standard InChI is InChI=1S/C16H19N3OS/c1-10(2)9-14(20)17-16-19-18-15(21-16)13-7-5-12(6-8-13)11(3)4/h5-9,11H,1-4H3,(H,17,19,20). The Morgan fingerprint density at radius 3 is 2.43 bits per heavy atom. The highest BCUT2D eigenvalue weighted by atomic mass is 32.1. The van der Waals surface area contributed by atoms with Gasteiger partial charge in [0.15, 0.2) is 0 Å². The first-order chi connectivity index (χ1) is 9.95. The zero-order valence-corrected chi connectivity index (χ0v) is 13.5. The van der Waals surface area contributed by atoms with Crippen LogP contribution in [0.5, 0.6) is 0 Å². The Morgan fingerprint density at radius 1 is 1.19 bits per heavy atom. The van der Waals surface area contributed by atoms with Gasteiger partial charge in [-0.2, -0.15) is 0 Å². The van der Waals surface area contributed by atoms with Crippen molar-refractivity contribution in [3.8, 4) is 10.6 Å². The van der Waals surface area contributed by atoms with Crippen molar-refractivity contribution in [2.75, 3.05) is 5.32 Å². The molecule has 4 nitrogen and oxygen atoms in total. The highest BCUT2D eigenvalue weighted by Gasteiger charge is 2.09. The van der Waals surface area contributed by atoms with E-state index in [1.807, 2.05) is 26.0 Å². The summed E-state index contributed by atoms with van der Waals surface area (Å²) in [5.41, 5.74) is 3.25. The smallest absolute Gasteiger partial charge is 0.250 e. The number of benzene rings is 1. The Morgan fingerprint density at radius 2 is 1.86 bits per heavy atom. The van der Waals surface area contributed by atoms with Crippen LogP contribution in [0.25, 0.3) is 10.6 Å². The third kappa shape index (κ3) is 4.23. The Balaban J connectivity index is 2.12. The molecule has 0 unspecified atom stereocenters. The first-order valence-corrected chi connectivity index (χ1v) is 7.67. The van der Waals surface area contributed by atoms with E-state index in [0.717, 1.165) is 16.1 Å². The molecule has 0 fully saturated rings. The number of allylic oxidation sites excluding steroid dienone is 1. The number of carbonyl (C=O) groups is 1. The van der Waals surface area contributed by atoms with Gasteiger partial charge < -0.3 is 0 Å². The predicted octanol–water partition coefficient (Wildman–Crippen LogP) is 4.23. The molecule has 0 saturated carbocycles. The van der Waals surface area contributed by atoms with E-state index in [0.29, 0.717) is 11.0 Å². The maximum absolute atomic E-state index is 11.6. The molecule has 1 aromatic carbocycles. The maximum atomic E-state index is 11.6. The number of hydrogen-bond acceptors (Lipinski definition) is 4. The van der Waals surface area contributed by atoms with Gasteiger partial charge in [-0.1, -0.05) is 55.0 Å². The third-order valence-corrected chi connectivity index (χ3v) is 3.79. The van der Waals surface area contributed by atoms with E-state index in [4.69, 9.17) is 0 Å². The van der Waals surface area contributed by atoms with Crippen LogP contribution in [-0.4, -0.2) is 16.1 Å². The molecule has 0 aliphatic carbocycles. The summed E-state index contributed by atoms with van der Waals surface area (Å²) < 4.78 is 0. The minimum atomic E-state index is -0.173. The lowest BCUT2D eigenvalue weighted by atomic mass is 10.0. The Kier molecular flexibility index (Phi) is 4.85. The second-order valence-corrected chi connectivity index (χ2v) is 6.38. The molecule has 0 aliphatic rings. The van der Waals surface area contributed by atoms with E-state index < -0.39 is 0 Å². The summed E-state index contributed by atoms with van der Waals surface area (Å²) in [4.78, 5) is 11.6. The number of nitrogens with zero attached hydrogens (tertiary/aromatic N) is 2. The van der Waals surface area contributed by atoms with Gasteiger partial charge >= 0.3 is 0 Å². The van der Waals surface area contributed by atoms with Crippen LogP contribution in [0.4, 0.5) is 5.13 Å². The van der Waals surface area contributed by atoms with Crippen molar-refractivity contribution >= 4 is 22.4 Å². The van der Waals surface area contributed by atoms with E-state index in [2.05, 4.69) is 41.5 Å². The topological polar surface area (TPSA) is 54.9 Å². The number of carbonyl (C=O) groups excluding carboxylic acids is 1. The molecule has 1 amide bonds. The zero-order chi connectivity index (χ0) is 15.4. The van der Waals surface area contributed by atoms with Crippen molar-refractivity contribution in [1.29, 1.82) is 0 Å². The van der Waals surface area contributed by atoms with Gasteiger partial charge in [0.2, 0.25) is 11.0 Å². The average molecular weight is 301 g/mol. The normalized spacial score (nSPS) is 10.5. The van der Waals surface area contributed by atoms with E-state index in [1.54, 1.807) is 6.08 Å². The predicted molar refractivity (Wildman–Crippen MR) is 87.5 cm³/mol. The number of rotatable bonds is 4. The quantitative estimate of drug-likeness (QED) is 0.860. The molecule has 1 heterocycles. The van der Waals surface area contributed by atoms with Gasteiger partial charge in [0, 0.05) is 11.6 Å². The number of amides is 1. The fraction of sp³-hybridized carbons (Fsp3) is 0.312. The Bertz CT molecular complexity index is 652. The second-order valence-electron chi connectivity index (χ2n) is 5.40. The lowest BCUT2D eigenvalue weighted by Gasteiger charge is -2.04. The molecule has 110 valence electrons. The van der Waals surface area contributed by atoms with Crippen LogP contribution in [0, 0.1) is 0 Å². The summed E-state index contributed by atoms with van der Waals surface area (Å²) >= 11 is 1.37. The number of anilines is 1. The maximum Gasteiger partial charge on any atom is 0.250 e. The largest absolute Gasteiger partial charge is 0.297 e. The molecule has 21 heavy (non-hydrogen) atoms. The third-order valence-electron chi connectivity index (χ3n) is 2.90. The van der Waals surface area contributed by atoms with Gasteiger partial charge in [-0.15, -0.1) is 10.2 Å². The molecular formula is C16H19N3OS. The van der Waals surface area contributed by atoms with Crippen LogP contribution in [0.1, 0.15) is 39.2 Å². The molecule has 1 N–H and O–H groups in total. The van der Waals surface area contributed by atoms with Gasteiger partial charge in [-0.25, -0.2) is 0 Å². The van der Waals surface area contributed by atoms with Crippen LogP contribution in [0.15, 0.2) is 35.9 Å². The van der Waals surface area contributed by atoms with Gasteiger partial charge in [0.1, 0.15) is 5.01 Å². The first-order valence-electron chi connectivity index (χ1n) is 6.85. The molecule has 1 aromatic heterocycles. The summed E-state index contributed by atoms with van der Waals surface area (Å²) in [6.07, 6.45) is 1.54. The lowest BCUT2D eigenvalue weighted by Crippen LogP contribution is -2.07. The molecule has 5 heteroatoms. The summed E-state index contributed by atoms with van der Waals surface area (Å²) in [6.45, 7) is 8.08. The summed E-state index contributed by atoms with van der Waals surface area (Å²) in [6, 6.07) is 8.28. The summed E-state index contributed by atoms with van der Waals surface area (Å²) in [7, 11) is 0. The van der Waals surface area contributed by atoms with Crippen LogP contribution in [-0.2, 0) is 4.79 Å². The minimum Gasteiger partial charge on any atom is -0.297 e. The highest BCUT2D eigenvalue weighted by molar-refractivity contribution is 7.18. The molecule has 0 saturated heterocycles. The van der Waals surface area contributed by atoms with Gasteiger partial charge in [-0.3, -0.25) is 10.1 Å². The van der Waals surface area contributed by atoms with Gasteiger partial charge in [0.05, 0.1) is 0 Å². The highest BCUT2D eigenvalue weighted by Crippen LogP contribution is 2.27. The van der Waals surface area contributed by atoms with Crippen molar-refractivity contribution in [3.63, 3.8) is 0 Å². The van der Waals surface area contributed by atoms with Crippen molar-refractivity contribution in [3.05, 3.63) is 41.5 Å². The summed E-state index contributed by atoms with van der Waals surface area (Å²) in [5.74, 6) is 0.334. The van der Waals surface area contributed by atoms with Crippen LogP contribution < -0.4 is 5.32 Å². The summed E-state index contributed by atoms with van der Waals surface area (Å²) in [5, 5.41) is 12.2. The lowest BCUT2D eigenvalue weighted by molar-refractivity contribution is -0.111. The molecule has 0 aliphatic heterocycles.